The Morgan fingerprint density at radius 3 is 2.50 bits per heavy atom. The maximum absolute atomic E-state index is 11.9. The van der Waals surface area contributed by atoms with Gasteiger partial charge in [-0.3, -0.25) is 4.79 Å². The van der Waals surface area contributed by atoms with E-state index in [1.165, 1.54) is 0 Å². The Labute approximate surface area is 118 Å². The van der Waals surface area contributed by atoms with Crippen molar-refractivity contribution in [3.63, 3.8) is 0 Å². The van der Waals surface area contributed by atoms with Crippen LogP contribution in [0.5, 0.6) is 0 Å². The molecule has 1 aliphatic rings. The molecule has 0 aliphatic carbocycles. The number of urea groups is 1. The van der Waals surface area contributed by atoms with Crippen molar-refractivity contribution in [2.75, 3.05) is 25.9 Å². The van der Waals surface area contributed by atoms with Gasteiger partial charge in [0.15, 0.2) is 0 Å². The van der Waals surface area contributed by atoms with E-state index >= 15 is 0 Å². The molecule has 1 saturated heterocycles. The van der Waals surface area contributed by atoms with Crippen LogP contribution < -0.4 is 10.0 Å². The number of nitrogens with zero attached hydrogens (tertiary/aromatic N) is 1. The topological polar surface area (TPSA) is 116 Å². The van der Waals surface area contributed by atoms with Gasteiger partial charge < -0.3 is 15.3 Å². The number of sulfonamides is 1. The molecule has 1 fully saturated rings. The Morgan fingerprint density at radius 2 is 2.00 bits per heavy atom. The first-order valence-electron chi connectivity index (χ1n) is 6.42. The van der Waals surface area contributed by atoms with Crippen LogP contribution in [0.1, 0.15) is 19.8 Å². The summed E-state index contributed by atoms with van der Waals surface area (Å²) in [7, 11) is -3.25. The number of carboxylic acids is 1. The molecule has 1 rings (SSSR count). The molecule has 0 spiro atoms. The quantitative estimate of drug-likeness (QED) is 0.588. The molecule has 9 heteroatoms. The highest BCUT2D eigenvalue weighted by Gasteiger charge is 2.31. The highest BCUT2D eigenvalue weighted by atomic mass is 32.2. The molecule has 0 aromatic rings. The summed E-state index contributed by atoms with van der Waals surface area (Å²) < 4.78 is 24.0. The van der Waals surface area contributed by atoms with E-state index in [0.717, 1.165) is 6.26 Å². The number of carbonyl (C=O) groups is 2. The van der Waals surface area contributed by atoms with Gasteiger partial charge in [-0.15, -0.1) is 0 Å². The van der Waals surface area contributed by atoms with Crippen molar-refractivity contribution in [1.29, 1.82) is 0 Å². The molecule has 1 heterocycles. The summed E-state index contributed by atoms with van der Waals surface area (Å²) in [5.41, 5.74) is 0. The molecule has 1 aliphatic heterocycles. The van der Waals surface area contributed by atoms with Gasteiger partial charge in [-0.05, 0) is 19.8 Å². The number of hydrogen-bond donors (Lipinski definition) is 3. The van der Waals surface area contributed by atoms with Gasteiger partial charge in [0.05, 0.1) is 12.2 Å². The molecule has 20 heavy (non-hydrogen) atoms. The van der Waals surface area contributed by atoms with Crippen LogP contribution in [0, 0.1) is 5.92 Å². The standard InChI is InChI=1S/C11H21N3O5S/c1-8-7-9(10(15)16)3-6-14(8)11(17)12-4-5-13-20(2,18)19/h8-9,13H,3-7H2,1-2H3,(H,12,17)(H,15,16). The molecule has 8 nitrogen and oxygen atoms in total. The third kappa shape index (κ3) is 5.33. The molecule has 0 aromatic heterocycles. The number of carbonyl (C=O) groups excluding carboxylic acids is 1. The number of hydrogen-bond acceptors (Lipinski definition) is 4. The van der Waals surface area contributed by atoms with Crippen LogP contribution in [0.4, 0.5) is 4.79 Å². The zero-order chi connectivity index (χ0) is 15.3. The van der Waals surface area contributed by atoms with Crippen LogP contribution in [-0.4, -0.2) is 62.4 Å². The zero-order valence-corrected chi connectivity index (χ0v) is 12.4. The summed E-state index contributed by atoms with van der Waals surface area (Å²) in [6.45, 7) is 2.52. The molecule has 2 unspecified atom stereocenters. The van der Waals surface area contributed by atoms with Crippen LogP contribution in [0.2, 0.25) is 0 Å². The minimum atomic E-state index is -3.25. The minimum absolute atomic E-state index is 0.130. The second kappa shape index (κ2) is 6.89. The smallest absolute Gasteiger partial charge is 0.317 e. The van der Waals surface area contributed by atoms with E-state index in [1.54, 1.807) is 4.90 Å². The van der Waals surface area contributed by atoms with Gasteiger partial charge in [-0.25, -0.2) is 17.9 Å². The van der Waals surface area contributed by atoms with Crippen molar-refractivity contribution in [2.45, 2.75) is 25.8 Å². The summed E-state index contributed by atoms with van der Waals surface area (Å²) in [6.07, 6.45) is 1.92. The van der Waals surface area contributed by atoms with E-state index in [1.807, 2.05) is 6.92 Å². The second-order valence-electron chi connectivity index (χ2n) is 5.00. The Kier molecular flexibility index (Phi) is 5.75. The fourth-order valence-corrected chi connectivity index (χ4v) is 2.68. The van der Waals surface area contributed by atoms with Gasteiger partial charge in [-0.1, -0.05) is 0 Å². The van der Waals surface area contributed by atoms with E-state index in [-0.39, 0.29) is 25.2 Å². The maximum atomic E-state index is 11.9. The Balaban J connectivity index is 2.35. The van der Waals surface area contributed by atoms with Crippen molar-refractivity contribution >= 4 is 22.0 Å². The lowest BCUT2D eigenvalue weighted by atomic mass is 9.92. The lowest BCUT2D eigenvalue weighted by molar-refractivity contribution is -0.143. The number of rotatable bonds is 5. The predicted octanol–water partition coefficient (Wildman–Crippen LogP) is -0.570. The van der Waals surface area contributed by atoms with Gasteiger partial charge in [0.1, 0.15) is 0 Å². The maximum Gasteiger partial charge on any atom is 0.317 e. The number of carboxylic acid groups (broad SMARTS) is 1. The summed E-state index contributed by atoms with van der Waals surface area (Å²) in [5, 5.41) is 11.6. The van der Waals surface area contributed by atoms with E-state index < -0.39 is 21.9 Å². The van der Waals surface area contributed by atoms with E-state index in [4.69, 9.17) is 5.11 Å². The lowest BCUT2D eigenvalue weighted by Crippen LogP contribution is -2.51. The Morgan fingerprint density at radius 1 is 1.35 bits per heavy atom. The molecule has 2 atom stereocenters. The molecule has 0 bridgehead atoms. The Hall–Kier alpha value is -1.35. The monoisotopic (exact) mass is 307 g/mol. The van der Waals surface area contributed by atoms with Crippen molar-refractivity contribution in [2.24, 2.45) is 5.92 Å². The predicted molar refractivity (Wildman–Crippen MR) is 72.8 cm³/mol. The summed E-state index contributed by atoms with van der Waals surface area (Å²) in [4.78, 5) is 24.4. The van der Waals surface area contributed by atoms with Crippen molar-refractivity contribution < 1.29 is 23.1 Å². The summed E-state index contributed by atoms with van der Waals surface area (Å²) in [6, 6.07) is -0.440. The van der Waals surface area contributed by atoms with Crippen LogP contribution in [0.25, 0.3) is 0 Å². The van der Waals surface area contributed by atoms with Gasteiger partial charge in [0.2, 0.25) is 10.0 Å². The third-order valence-electron chi connectivity index (χ3n) is 3.25. The second-order valence-corrected chi connectivity index (χ2v) is 6.83. The lowest BCUT2D eigenvalue weighted by Gasteiger charge is -2.36. The summed E-state index contributed by atoms with van der Waals surface area (Å²) in [5.74, 6) is -1.23. The highest BCUT2D eigenvalue weighted by molar-refractivity contribution is 7.88. The minimum Gasteiger partial charge on any atom is -0.481 e. The molecule has 0 radical (unpaired) electrons. The molecule has 3 N–H and O–H groups in total. The van der Waals surface area contributed by atoms with Crippen molar-refractivity contribution in [3.05, 3.63) is 0 Å². The first kappa shape index (κ1) is 16.7. The molecular weight excluding hydrogens is 286 g/mol. The largest absolute Gasteiger partial charge is 0.481 e. The van der Waals surface area contributed by atoms with E-state index in [0.29, 0.717) is 19.4 Å². The number of piperidine rings is 1. The van der Waals surface area contributed by atoms with E-state index in [2.05, 4.69) is 10.0 Å². The molecular formula is C11H21N3O5S. The molecule has 0 saturated carbocycles. The number of likely N-dealkylation sites (tertiary alicyclic amines) is 1. The summed E-state index contributed by atoms with van der Waals surface area (Å²) >= 11 is 0. The molecule has 2 amide bonds. The average Bonchev–Trinajstić information content (AvgIpc) is 2.33. The van der Waals surface area contributed by atoms with Crippen LogP contribution in [-0.2, 0) is 14.8 Å². The number of aliphatic carboxylic acids is 1. The zero-order valence-electron chi connectivity index (χ0n) is 11.6. The van der Waals surface area contributed by atoms with Gasteiger partial charge >= 0.3 is 12.0 Å². The number of nitrogens with one attached hydrogen (secondary N) is 2. The van der Waals surface area contributed by atoms with Gasteiger partial charge in [0, 0.05) is 25.7 Å². The third-order valence-corrected chi connectivity index (χ3v) is 3.98. The molecule has 116 valence electrons. The average molecular weight is 307 g/mol. The number of amides is 2. The normalized spacial score (nSPS) is 23.4. The van der Waals surface area contributed by atoms with E-state index in [9.17, 15) is 18.0 Å². The van der Waals surface area contributed by atoms with Gasteiger partial charge in [-0.2, -0.15) is 0 Å². The van der Waals surface area contributed by atoms with Gasteiger partial charge in [0.25, 0.3) is 0 Å². The van der Waals surface area contributed by atoms with Crippen LogP contribution in [0.3, 0.4) is 0 Å². The fraction of sp³-hybridized carbons (Fsp3) is 0.818. The fourth-order valence-electron chi connectivity index (χ4n) is 2.21. The van der Waals surface area contributed by atoms with Crippen molar-refractivity contribution in [1.82, 2.24) is 14.9 Å². The first-order chi connectivity index (χ1) is 9.20. The highest BCUT2D eigenvalue weighted by Crippen LogP contribution is 2.22. The van der Waals surface area contributed by atoms with Crippen molar-refractivity contribution in [3.8, 4) is 0 Å². The van der Waals surface area contributed by atoms with Crippen LogP contribution >= 0.6 is 0 Å². The Bertz CT molecular complexity index is 465. The first-order valence-corrected chi connectivity index (χ1v) is 8.31. The molecule has 0 aromatic carbocycles. The SMILES string of the molecule is CC1CC(C(=O)O)CCN1C(=O)NCCNS(C)(=O)=O. The van der Waals surface area contributed by atoms with Crippen LogP contribution in [0.15, 0.2) is 0 Å².